The summed E-state index contributed by atoms with van der Waals surface area (Å²) in [5.41, 5.74) is 0. The van der Waals surface area contributed by atoms with Gasteiger partial charge in [-0.3, -0.25) is 19.2 Å². The highest BCUT2D eigenvalue weighted by Crippen LogP contribution is 1.94. The average Bonchev–Trinajstić information content (AvgIpc) is 2.24. The second-order valence-corrected chi connectivity index (χ2v) is 4.13. The lowest BCUT2D eigenvalue weighted by Crippen LogP contribution is -2.48. The molecule has 6 heteroatoms. The van der Waals surface area contributed by atoms with Gasteiger partial charge in [-0.05, 0) is 13.8 Å². The van der Waals surface area contributed by atoms with Gasteiger partial charge in [-0.15, -0.1) is 0 Å². The Hall–Kier alpha value is -1.72. The predicted molar refractivity (Wildman–Crippen MR) is 61.1 cm³/mol. The summed E-state index contributed by atoms with van der Waals surface area (Å²) in [6.07, 6.45) is 0. The SMILES string of the molecule is CC(=O)CNC(=O)C(C)NC(=O)C(=O)C(C)C. The zero-order valence-electron chi connectivity index (χ0n) is 10.5. The monoisotopic (exact) mass is 242 g/mol. The van der Waals surface area contributed by atoms with Gasteiger partial charge in [0, 0.05) is 5.92 Å². The van der Waals surface area contributed by atoms with Crippen LogP contribution in [-0.2, 0) is 19.2 Å². The molecule has 2 amide bonds. The highest BCUT2D eigenvalue weighted by Gasteiger charge is 2.22. The van der Waals surface area contributed by atoms with Gasteiger partial charge in [-0.2, -0.15) is 0 Å². The van der Waals surface area contributed by atoms with Crippen molar-refractivity contribution in [3.63, 3.8) is 0 Å². The zero-order valence-corrected chi connectivity index (χ0v) is 10.5. The van der Waals surface area contributed by atoms with Gasteiger partial charge < -0.3 is 10.6 Å². The van der Waals surface area contributed by atoms with E-state index in [0.717, 1.165) is 0 Å². The van der Waals surface area contributed by atoms with Crippen molar-refractivity contribution in [2.45, 2.75) is 33.7 Å². The molecule has 2 N–H and O–H groups in total. The topological polar surface area (TPSA) is 92.3 Å². The molecule has 0 aromatic heterocycles. The summed E-state index contributed by atoms with van der Waals surface area (Å²) >= 11 is 0. The first kappa shape index (κ1) is 15.3. The van der Waals surface area contributed by atoms with Crippen LogP contribution in [-0.4, -0.2) is 36.0 Å². The average molecular weight is 242 g/mol. The molecule has 0 rings (SSSR count). The summed E-state index contributed by atoms with van der Waals surface area (Å²) in [5, 5.41) is 4.61. The van der Waals surface area contributed by atoms with Crippen LogP contribution < -0.4 is 10.6 Å². The predicted octanol–water partition coefficient (Wildman–Crippen LogP) is -0.579. The molecular weight excluding hydrogens is 224 g/mol. The van der Waals surface area contributed by atoms with E-state index in [-0.39, 0.29) is 12.3 Å². The Bertz CT molecular complexity index is 336. The first-order chi connectivity index (χ1) is 7.75. The second-order valence-electron chi connectivity index (χ2n) is 4.13. The van der Waals surface area contributed by atoms with E-state index >= 15 is 0 Å². The van der Waals surface area contributed by atoms with E-state index in [1.807, 2.05) is 0 Å². The molecule has 0 spiro atoms. The van der Waals surface area contributed by atoms with Gasteiger partial charge in [-0.1, -0.05) is 13.8 Å². The van der Waals surface area contributed by atoms with Crippen LogP contribution in [0.2, 0.25) is 0 Å². The van der Waals surface area contributed by atoms with Crippen molar-refractivity contribution in [1.29, 1.82) is 0 Å². The van der Waals surface area contributed by atoms with Crippen molar-refractivity contribution in [3.05, 3.63) is 0 Å². The number of amides is 2. The van der Waals surface area contributed by atoms with Crippen LogP contribution in [0.4, 0.5) is 0 Å². The van der Waals surface area contributed by atoms with Crippen molar-refractivity contribution in [2.75, 3.05) is 6.54 Å². The Morgan fingerprint density at radius 3 is 2.00 bits per heavy atom. The number of nitrogens with one attached hydrogen (secondary N) is 2. The van der Waals surface area contributed by atoms with E-state index < -0.39 is 29.6 Å². The molecule has 6 nitrogen and oxygen atoms in total. The zero-order chi connectivity index (χ0) is 13.6. The van der Waals surface area contributed by atoms with E-state index in [2.05, 4.69) is 10.6 Å². The molecule has 0 saturated heterocycles. The lowest BCUT2D eigenvalue weighted by atomic mass is 10.1. The molecule has 1 atom stereocenters. The molecule has 0 heterocycles. The normalized spacial score (nSPS) is 11.8. The maximum atomic E-state index is 11.4. The number of carbonyl (C=O) groups excluding carboxylic acids is 4. The summed E-state index contributed by atoms with van der Waals surface area (Å²) in [4.78, 5) is 44.6. The van der Waals surface area contributed by atoms with Crippen molar-refractivity contribution in [2.24, 2.45) is 5.92 Å². The standard InChI is InChI=1S/C11H18N2O4/c1-6(2)9(15)11(17)13-8(4)10(16)12-5-7(3)14/h6,8H,5H2,1-4H3,(H,12,16)(H,13,17). The molecule has 0 aliphatic rings. The van der Waals surface area contributed by atoms with Crippen LogP contribution in [0.3, 0.4) is 0 Å². The first-order valence-electron chi connectivity index (χ1n) is 5.37. The Kier molecular flexibility index (Phi) is 6.09. The highest BCUT2D eigenvalue weighted by atomic mass is 16.2. The number of ketones is 2. The van der Waals surface area contributed by atoms with E-state index in [0.29, 0.717) is 0 Å². The van der Waals surface area contributed by atoms with E-state index in [1.165, 1.54) is 13.8 Å². The summed E-state index contributed by atoms with van der Waals surface area (Å²) in [6.45, 7) is 5.90. The first-order valence-corrected chi connectivity index (χ1v) is 5.37. The number of rotatable bonds is 6. The van der Waals surface area contributed by atoms with Crippen LogP contribution in [0, 0.1) is 5.92 Å². The van der Waals surface area contributed by atoms with Crippen molar-refractivity contribution in [1.82, 2.24) is 10.6 Å². The Morgan fingerprint density at radius 2 is 1.59 bits per heavy atom. The minimum Gasteiger partial charge on any atom is -0.347 e. The lowest BCUT2D eigenvalue weighted by molar-refractivity contribution is -0.141. The number of Topliss-reactive ketones (excluding diaryl/α,β-unsaturated/α-hetero) is 2. The molecule has 0 aromatic rings. The molecule has 0 aromatic carbocycles. The van der Waals surface area contributed by atoms with Crippen molar-refractivity contribution < 1.29 is 19.2 Å². The Labute approximate surface area is 100 Å². The molecule has 1 unspecified atom stereocenters. The fourth-order valence-corrected chi connectivity index (χ4v) is 0.960. The van der Waals surface area contributed by atoms with Crippen LogP contribution in [0.15, 0.2) is 0 Å². The van der Waals surface area contributed by atoms with Crippen molar-refractivity contribution >= 4 is 23.4 Å². The Morgan fingerprint density at radius 1 is 1.06 bits per heavy atom. The minimum absolute atomic E-state index is 0.0861. The number of hydrogen-bond donors (Lipinski definition) is 2. The quantitative estimate of drug-likeness (QED) is 0.609. The third-order valence-corrected chi connectivity index (χ3v) is 2.00. The summed E-state index contributed by atoms with van der Waals surface area (Å²) in [5.74, 6) is -2.45. The maximum Gasteiger partial charge on any atom is 0.288 e. The van der Waals surface area contributed by atoms with Gasteiger partial charge in [0.05, 0.1) is 6.54 Å². The molecule has 0 aliphatic carbocycles. The van der Waals surface area contributed by atoms with Crippen LogP contribution in [0.5, 0.6) is 0 Å². The highest BCUT2D eigenvalue weighted by molar-refractivity contribution is 6.37. The van der Waals surface area contributed by atoms with Gasteiger partial charge in [0.2, 0.25) is 11.7 Å². The molecule has 17 heavy (non-hydrogen) atoms. The molecular formula is C11H18N2O4. The smallest absolute Gasteiger partial charge is 0.288 e. The van der Waals surface area contributed by atoms with Gasteiger partial charge >= 0.3 is 0 Å². The van der Waals surface area contributed by atoms with E-state index in [9.17, 15) is 19.2 Å². The fourth-order valence-electron chi connectivity index (χ4n) is 0.960. The summed E-state index contributed by atoms with van der Waals surface area (Å²) in [6, 6.07) is -0.843. The molecule has 0 radical (unpaired) electrons. The fraction of sp³-hybridized carbons (Fsp3) is 0.636. The molecule has 0 saturated carbocycles. The van der Waals surface area contributed by atoms with E-state index in [1.54, 1.807) is 13.8 Å². The molecule has 0 bridgehead atoms. The third-order valence-electron chi connectivity index (χ3n) is 2.00. The van der Waals surface area contributed by atoms with Gasteiger partial charge in [0.25, 0.3) is 5.91 Å². The third kappa shape index (κ3) is 5.79. The largest absolute Gasteiger partial charge is 0.347 e. The van der Waals surface area contributed by atoms with Crippen molar-refractivity contribution in [3.8, 4) is 0 Å². The summed E-state index contributed by atoms with van der Waals surface area (Å²) < 4.78 is 0. The number of hydrogen-bond acceptors (Lipinski definition) is 4. The minimum atomic E-state index is -0.843. The molecule has 96 valence electrons. The maximum absolute atomic E-state index is 11.4. The van der Waals surface area contributed by atoms with Gasteiger partial charge in [0.1, 0.15) is 11.8 Å². The van der Waals surface area contributed by atoms with Crippen LogP contribution in [0.25, 0.3) is 0 Å². The van der Waals surface area contributed by atoms with E-state index in [4.69, 9.17) is 0 Å². The number of carbonyl (C=O) groups is 4. The Balaban J connectivity index is 4.21. The van der Waals surface area contributed by atoms with Crippen LogP contribution in [0.1, 0.15) is 27.7 Å². The molecule has 0 fully saturated rings. The second kappa shape index (κ2) is 6.78. The lowest BCUT2D eigenvalue weighted by Gasteiger charge is -2.13. The van der Waals surface area contributed by atoms with Gasteiger partial charge in [-0.25, -0.2) is 0 Å². The summed E-state index contributed by atoms with van der Waals surface area (Å²) in [7, 11) is 0. The molecule has 0 aliphatic heterocycles. The van der Waals surface area contributed by atoms with Crippen LogP contribution >= 0.6 is 0 Å². The van der Waals surface area contributed by atoms with Gasteiger partial charge in [0.15, 0.2) is 0 Å².